The summed E-state index contributed by atoms with van der Waals surface area (Å²) >= 11 is 0. The molecule has 1 heterocycles. The lowest BCUT2D eigenvalue weighted by Crippen LogP contribution is -2.28. The second kappa shape index (κ2) is 5.04. The van der Waals surface area contributed by atoms with E-state index in [1.807, 2.05) is 0 Å². The van der Waals surface area contributed by atoms with E-state index < -0.39 is 5.97 Å². The van der Waals surface area contributed by atoms with Crippen molar-refractivity contribution in [3.8, 4) is 0 Å². The van der Waals surface area contributed by atoms with Gasteiger partial charge in [0.15, 0.2) is 0 Å². The average molecular weight is 274 g/mol. The van der Waals surface area contributed by atoms with Gasteiger partial charge in [-0.05, 0) is 18.2 Å². The molecule has 3 N–H and O–H groups in total. The molecule has 0 aliphatic carbocycles. The molecule has 1 amide bonds. The van der Waals surface area contributed by atoms with Crippen molar-refractivity contribution < 1.29 is 14.7 Å². The molecule has 0 unspecified atom stereocenters. The maximum Gasteiger partial charge on any atom is 0.335 e. The predicted octanol–water partition coefficient (Wildman–Crippen LogP) is 0.977. The van der Waals surface area contributed by atoms with Gasteiger partial charge < -0.3 is 20.3 Å². The van der Waals surface area contributed by atoms with Crippen LogP contribution in [0.1, 0.15) is 20.8 Å². The van der Waals surface area contributed by atoms with Crippen molar-refractivity contribution in [1.82, 2.24) is 9.55 Å². The van der Waals surface area contributed by atoms with Crippen LogP contribution in [0.25, 0.3) is 0 Å². The molecule has 7 heteroatoms. The minimum Gasteiger partial charge on any atom is -0.478 e. The molecule has 0 saturated carbocycles. The number of carboxylic acid groups (broad SMARTS) is 1. The largest absolute Gasteiger partial charge is 0.478 e. The number of nitrogen functional groups attached to an aromatic ring is 1. The first-order chi connectivity index (χ1) is 9.41. The maximum absolute atomic E-state index is 12.3. The highest BCUT2D eigenvalue weighted by atomic mass is 16.4. The summed E-state index contributed by atoms with van der Waals surface area (Å²) < 4.78 is 1.60. The Bertz CT molecular complexity index is 678. The summed E-state index contributed by atoms with van der Waals surface area (Å²) in [6.07, 6.45) is 2.98. The number of anilines is 2. The molecule has 0 bridgehead atoms. The molecular formula is C13H14N4O3. The fraction of sp³-hybridized carbons (Fsp3) is 0.154. The smallest absolute Gasteiger partial charge is 0.335 e. The van der Waals surface area contributed by atoms with Crippen molar-refractivity contribution in [3.63, 3.8) is 0 Å². The van der Waals surface area contributed by atoms with Gasteiger partial charge in [-0.1, -0.05) is 0 Å². The molecule has 0 fully saturated rings. The molecule has 2 aromatic rings. The number of carbonyl (C=O) groups excluding carboxylic acids is 1. The van der Waals surface area contributed by atoms with Crippen LogP contribution in [0.4, 0.5) is 11.4 Å². The number of carboxylic acids is 1. The average Bonchev–Trinajstić information content (AvgIpc) is 2.83. The van der Waals surface area contributed by atoms with Crippen LogP contribution >= 0.6 is 0 Å². The van der Waals surface area contributed by atoms with Gasteiger partial charge in [-0.25, -0.2) is 9.78 Å². The third kappa shape index (κ3) is 2.33. The summed E-state index contributed by atoms with van der Waals surface area (Å²) in [6, 6.07) is 4.23. The number of aromatic nitrogens is 2. The lowest BCUT2D eigenvalue weighted by molar-refractivity contribution is 0.0697. The van der Waals surface area contributed by atoms with Gasteiger partial charge >= 0.3 is 5.97 Å². The van der Waals surface area contributed by atoms with Crippen molar-refractivity contribution >= 4 is 23.3 Å². The van der Waals surface area contributed by atoms with Crippen molar-refractivity contribution in [2.24, 2.45) is 7.05 Å². The summed E-state index contributed by atoms with van der Waals surface area (Å²) in [4.78, 5) is 28.4. The highest BCUT2D eigenvalue weighted by Gasteiger charge is 2.19. The quantitative estimate of drug-likeness (QED) is 0.812. The third-order valence-electron chi connectivity index (χ3n) is 2.98. The molecule has 0 spiro atoms. The van der Waals surface area contributed by atoms with Gasteiger partial charge in [0.2, 0.25) is 0 Å². The fourth-order valence-electron chi connectivity index (χ4n) is 1.84. The van der Waals surface area contributed by atoms with Gasteiger partial charge in [-0.15, -0.1) is 0 Å². The molecule has 0 atom stereocenters. The number of benzene rings is 1. The number of imidazole rings is 1. The number of hydrogen-bond donors (Lipinski definition) is 2. The molecule has 20 heavy (non-hydrogen) atoms. The first kappa shape index (κ1) is 13.6. The van der Waals surface area contributed by atoms with Crippen LogP contribution in [0, 0.1) is 0 Å². The first-order valence-corrected chi connectivity index (χ1v) is 5.79. The zero-order chi connectivity index (χ0) is 14.9. The second-order valence-electron chi connectivity index (χ2n) is 4.33. The predicted molar refractivity (Wildman–Crippen MR) is 73.8 cm³/mol. The molecule has 0 aliphatic heterocycles. The summed E-state index contributed by atoms with van der Waals surface area (Å²) in [7, 11) is 3.28. The first-order valence-electron chi connectivity index (χ1n) is 5.79. The Morgan fingerprint density at radius 3 is 2.60 bits per heavy atom. The van der Waals surface area contributed by atoms with Crippen LogP contribution in [-0.2, 0) is 7.05 Å². The van der Waals surface area contributed by atoms with E-state index in [0.717, 1.165) is 0 Å². The lowest BCUT2D eigenvalue weighted by atomic mass is 10.1. The van der Waals surface area contributed by atoms with E-state index in [4.69, 9.17) is 10.8 Å². The van der Waals surface area contributed by atoms with Crippen molar-refractivity contribution in [1.29, 1.82) is 0 Å². The Labute approximate surface area is 115 Å². The number of hydrogen-bond acceptors (Lipinski definition) is 4. The van der Waals surface area contributed by atoms with E-state index in [1.54, 1.807) is 18.7 Å². The number of aryl methyl sites for hydroxylation is 1. The molecule has 1 aromatic heterocycles. The Balaban J connectivity index is 2.34. The van der Waals surface area contributed by atoms with Crippen LogP contribution in [-0.4, -0.2) is 33.6 Å². The van der Waals surface area contributed by atoms with Gasteiger partial charge in [0.05, 0.1) is 29.5 Å². The lowest BCUT2D eigenvalue weighted by Gasteiger charge is -2.19. The van der Waals surface area contributed by atoms with Crippen molar-refractivity contribution in [3.05, 3.63) is 42.0 Å². The summed E-state index contributed by atoms with van der Waals surface area (Å²) in [6.45, 7) is 0. The van der Waals surface area contributed by atoms with E-state index in [0.29, 0.717) is 11.4 Å². The van der Waals surface area contributed by atoms with Gasteiger partial charge in [-0.2, -0.15) is 0 Å². The summed E-state index contributed by atoms with van der Waals surface area (Å²) in [5.41, 5.74) is 6.97. The zero-order valence-electron chi connectivity index (χ0n) is 11.1. The molecule has 104 valence electrons. The highest BCUT2D eigenvalue weighted by molar-refractivity contribution is 6.06. The van der Waals surface area contributed by atoms with Crippen LogP contribution in [0.3, 0.4) is 0 Å². The van der Waals surface area contributed by atoms with Gasteiger partial charge in [0.25, 0.3) is 5.91 Å². The van der Waals surface area contributed by atoms with Crippen LogP contribution in [0.5, 0.6) is 0 Å². The standard InChI is InChI=1S/C13H14N4O3/c1-16-7-15-6-11(16)12(18)17(2)10-4-3-8(13(19)20)5-9(10)14/h3-7H,14H2,1-2H3,(H,19,20). The monoisotopic (exact) mass is 274 g/mol. The Kier molecular flexibility index (Phi) is 3.43. The zero-order valence-corrected chi connectivity index (χ0v) is 11.1. The number of amides is 1. The van der Waals surface area contributed by atoms with E-state index in [2.05, 4.69) is 4.98 Å². The normalized spacial score (nSPS) is 10.3. The number of carbonyl (C=O) groups is 2. The second-order valence-corrected chi connectivity index (χ2v) is 4.33. The Hall–Kier alpha value is -2.83. The van der Waals surface area contributed by atoms with Crippen molar-refractivity contribution in [2.75, 3.05) is 17.7 Å². The van der Waals surface area contributed by atoms with Crippen LogP contribution < -0.4 is 10.6 Å². The van der Waals surface area contributed by atoms with E-state index in [1.165, 1.54) is 35.6 Å². The van der Waals surface area contributed by atoms with Crippen LogP contribution in [0.2, 0.25) is 0 Å². The van der Waals surface area contributed by atoms with E-state index in [9.17, 15) is 9.59 Å². The topological polar surface area (TPSA) is 101 Å². The Morgan fingerprint density at radius 2 is 2.10 bits per heavy atom. The van der Waals surface area contributed by atoms with Gasteiger partial charge in [0.1, 0.15) is 5.69 Å². The number of rotatable bonds is 3. The SMILES string of the molecule is CN(C(=O)c1cncn1C)c1ccc(C(=O)O)cc1N. The number of aromatic carboxylic acids is 1. The molecule has 0 aliphatic rings. The molecule has 7 nitrogen and oxygen atoms in total. The summed E-state index contributed by atoms with van der Waals surface area (Å²) in [5.74, 6) is -1.34. The Morgan fingerprint density at radius 1 is 1.40 bits per heavy atom. The minimum atomic E-state index is -1.07. The summed E-state index contributed by atoms with van der Waals surface area (Å²) in [5, 5.41) is 8.89. The fourth-order valence-corrected chi connectivity index (χ4v) is 1.84. The molecule has 2 rings (SSSR count). The van der Waals surface area contributed by atoms with E-state index in [-0.39, 0.29) is 17.2 Å². The van der Waals surface area contributed by atoms with E-state index >= 15 is 0 Å². The maximum atomic E-state index is 12.3. The minimum absolute atomic E-state index is 0.0765. The third-order valence-corrected chi connectivity index (χ3v) is 2.98. The van der Waals surface area contributed by atoms with Gasteiger partial charge in [-0.3, -0.25) is 4.79 Å². The number of nitrogens with zero attached hydrogens (tertiary/aromatic N) is 3. The molecule has 1 aromatic carbocycles. The van der Waals surface area contributed by atoms with Gasteiger partial charge in [0, 0.05) is 14.1 Å². The number of nitrogens with two attached hydrogens (primary N) is 1. The molecule has 0 radical (unpaired) electrons. The van der Waals surface area contributed by atoms with Crippen molar-refractivity contribution in [2.45, 2.75) is 0 Å². The molecule has 0 saturated heterocycles. The highest BCUT2D eigenvalue weighted by Crippen LogP contribution is 2.24. The molecular weight excluding hydrogens is 260 g/mol. The van der Waals surface area contributed by atoms with Crippen LogP contribution in [0.15, 0.2) is 30.7 Å².